The molecule has 0 atom stereocenters. The number of nitrogens with zero attached hydrogens (tertiary/aromatic N) is 2. The molecule has 1 aromatic heterocycles. The first-order chi connectivity index (χ1) is 8.79. The van der Waals surface area contributed by atoms with Crippen LogP contribution in [0.15, 0.2) is 12.4 Å². The topological polar surface area (TPSA) is 73.3 Å². The van der Waals surface area contributed by atoms with Crippen molar-refractivity contribution in [3.05, 3.63) is 18.1 Å². The van der Waals surface area contributed by atoms with Crippen LogP contribution in [0, 0.1) is 5.92 Å². The highest BCUT2D eigenvalue weighted by molar-refractivity contribution is 5.87. The molecule has 1 aliphatic rings. The van der Waals surface area contributed by atoms with Gasteiger partial charge in [-0.2, -0.15) is 0 Å². The largest absolute Gasteiger partial charge is 0.464 e. The van der Waals surface area contributed by atoms with Gasteiger partial charge in [-0.05, 0) is 18.8 Å². The number of hydrogen-bond donors (Lipinski definition) is 1. The Kier molecular flexibility index (Phi) is 4.46. The molecule has 0 aliphatic carbocycles. The molecule has 0 spiro atoms. The van der Waals surface area contributed by atoms with Crippen LogP contribution in [0.25, 0.3) is 0 Å². The standard InChI is InChI=1S/C12H17N3O3/c1-17-12(16)10-7-13-8-11(15-10)14-6-9-2-4-18-5-3-9/h7-9H,2-6H2,1H3,(H,14,15). The molecular weight excluding hydrogens is 234 g/mol. The van der Waals surface area contributed by atoms with Crippen molar-refractivity contribution >= 4 is 11.8 Å². The SMILES string of the molecule is COC(=O)c1cncc(NCC2CCOCC2)n1. The van der Waals surface area contributed by atoms with Gasteiger partial charge in [0.25, 0.3) is 0 Å². The number of nitrogens with one attached hydrogen (secondary N) is 1. The molecule has 18 heavy (non-hydrogen) atoms. The van der Waals surface area contributed by atoms with Crippen LogP contribution in [0.5, 0.6) is 0 Å². The van der Waals surface area contributed by atoms with Gasteiger partial charge in [0.05, 0.1) is 19.5 Å². The first-order valence-electron chi connectivity index (χ1n) is 6.01. The summed E-state index contributed by atoms with van der Waals surface area (Å²) in [5.74, 6) is 0.712. The molecule has 2 rings (SSSR count). The number of aromatic nitrogens is 2. The monoisotopic (exact) mass is 251 g/mol. The molecular formula is C12H17N3O3. The summed E-state index contributed by atoms with van der Waals surface area (Å²) in [5, 5.41) is 3.20. The number of hydrogen-bond acceptors (Lipinski definition) is 6. The highest BCUT2D eigenvalue weighted by atomic mass is 16.5. The molecule has 0 saturated carbocycles. The van der Waals surface area contributed by atoms with Gasteiger partial charge in [0.1, 0.15) is 5.82 Å². The van der Waals surface area contributed by atoms with Crippen LogP contribution in [-0.2, 0) is 9.47 Å². The minimum Gasteiger partial charge on any atom is -0.464 e. The fourth-order valence-corrected chi connectivity index (χ4v) is 1.85. The second kappa shape index (κ2) is 6.30. The molecule has 1 N–H and O–H groups in total. The summed E-state index contributed by atoms with van der Waals surface area (Å²) < 4.78 is 9.90. The van der Waals surface area contributed by atoms with E-state index in [0.29, 0.717) is 11.7 Å². The number of carbonyl (C=O) groups excluding carboxylic acids is 1. The van der Waals surface area contributed by atoms with Crippen LogP contribution in [0.2, 0.25) is 0 Å². The van der Waals surface area contributed by atoms with Crippen LogP contribution < -0.4 is 5.32 Å². The number of carbonyl (C=O) groups is 1. The van der Waals surface area contributed by atoms with Crippen molar-refractivity contribution in [2.75, 3.05) is 32.2 Å². The summed E-state index contributed by atoms with van der Waals surface area (Å²) in [7, 11) is 1.33. The zero-order valence-electron chi connectivity index (χ0n) is 10.4. The van der Waals surface area contributed by atoms with Crippen molar-refractivity contribution in [1.29, 1.82) is 0 Å². The molecule has 1 aliphatic heterocycles. The molecule has 0 radical (unpaired) electrons. The van der Waals surface area contributed by atoms with Crippen molar-refractivity contribution in [2.24, 2.45) is 5.92 Å². The van der Waals surface area contributed by atoms with Gasteiger partial charge < -0.3 is 14.8 Å². The molecule has 1 saturated heterocycles. The summed E-state index contributed by atoms with van der Waals surface area (Å²) in [4.78, 5) is 19.4. The lowest BCUT2D eigenvalue weighted by molar-refractivity contribution is 0.0593. The van der Waals surface area contributed by atoms with Gasteiger partial charge in [0, 0.05) is 19.8 Å². The second-order valence-electron chi connectivity index (χ2n) is 4.22. The van der Waals surface area contributed by atoms with Gasteiger partial charge in [-0.3, -0.25) is 4.98 Å². The lowest BCUT2D eigenvalue weighted by atomic mass is 10.0. The maximum atomic E-state index is 11.3. The fraction of sp³-hybridized carbons (Fsp3) is 0.583. The van der Waals surface area contributed by atoms with Crippen LogP contribution >= 0.6 is 0 Å². The highest BCUT2D eigenvalue weighted by Gasteiger charge is 2.14. The molecule has 2 heterocycles. The summed E-state index contributed by atoms with van der Waals surface area (Å²) in [6, 6.07) is 0. The molecule has 98 valence electrons. The number of methoxy groups -OCH3 is 1. The summed E-state index contributed by atoms with van der Waals surface area (Å²) in [5.41, 5.74) is 0.217. The molecule has 6 nitrogen and oxygen atoms in total. The molecule has 0 unspecified atom stereocenters. The Morgan fingerprint density at radius 2 is 2.28 bits per heavy atom. The van der Waals surface area contributed by atoms with Gasteiger partial charge in [-0.1, -0.05) is 0 Å². The number of esters is 1. The van der Waals surface area contributed by atoms with Gasteiger partial charge in [-0.15, -0.1) is 0 Å². The molecule has 0 amide bonds. The normalized spacial score (nSPS) is 16.3. The van der Waals surface area contributed by atoms with Crippen molar-refractivity contribution in [1.82, 2.24) is 9.97 Å². The van der Waals surface area contributed by atoms with Crippen molar-refractivity contribution in [3.63, 3.8) is 0 Å². The average molecular weight is 251 g/mol. The fourth-order valence-electron chi connectivity index (χ4n) is 1.85. The van der Waals surface area contributed by atoms with E-state index in [1.165, 1.54) is 13.3 Å². The van der Waals surface area contributed by atoms with Gasteiger partial charge in [0.2, 0.25) is 0 Å². The lowest BCUT2D eigenvalue weighted by Crippen LogP contribution is -2.23. The van der Waals surface area contributed by atoms with E-state index in [1.54, 1.807) is 6.20 Å². The van der Waals surface area contributed by atoms with E-state index in [4.69, 9.17) is 4.74 Å². The summed E-state index contributed by atoms with van der Waals surface area (Å²) >= 11 is 0. The third-order valence-corrected chi connectivity index (χ3v) is 2.94. The Morgan fingerprint density at radius 3 is 3.00 bits per heavy atom. The number of rotatable bonds is 4. The summed E-state index contributed by atoms with van der Waals surface area (Å²) in [6.45, 7) is 2.46. The Bertz CT molecular complexity index is 405. The first kappa shape index (κ1) is 12.8. The van der Waals surface area contributed by atoms with Gasteiger partial charge in [0.15, 0.2) is 5.69 Å². The molecule has 1 fully saturated rings. The zero-order valence-corrected chi connectivity index (χ0v) is 10.4. The number of anilines is 1. The Hall–Kier alpha value is -1.69. The van der Waals surface area contributed by atoms with Crippen LogP contribution in [0.3, 0.4) is 0 Å². The van der Waals surface area contributed by atoms with E-state index in [2.05, 4.69) is 20.0 Å². The van der Waals surface area contributed by atoms with E-state index in [-0.39, 0.29) is 5.69 Å². The van der Waals surface area contributed by atoms with E-state index in [1.807, 2.05) is 0 Å². The molecule has 6 heteroatoms. The van der Waals surface area contributed by atoms with E-state index < -0.39 is 5.97 Å². The van der Waals surface area contributed by atoms with Crippen molar-refractivity contribution in [3.8, 4) is 0 Å². The minimum absolute atomic E-state index is 0.217. The molecule has 0 bridgehead atoms. The number of ether oxygens (including phenoxy) is 2. The van der Waals surface area contributed by atoms with Crippen molar-refractivity contribution < 1.29 is 14.3 Å². The smallest absolute Gasteiger partial charge is 0.358 e. The first-order valence-corrected chi connectivity index (χ1v) is 6.01. The predicted octanol–water partition coefficient (Wildman–Crippen LogP) is 1.10. The third kappa shape index (κ3) is 3.40. The second-order valence-corrected chi connectivity index (χ2v) is 4.22. The molecule has 0 aromatic carbocycles. The van der Waals surface area contributed by atoms with Gasteiger partial charge >= 0.3 is 5.97 Å². The zero-order chi connectivity index (χ0) is 12.8. The Morgan fingerprint density at radius 1 is 1.50 bits per heavy atom. The third-order valence-electron chi connectivity index (χ3n) is 2.94. The summed E-state index contributed by atoms with van der Waals surface area (Å²) in [6.07, 6.45) is 5.10. The quantitative estimate of drug-likeness (QED) is 0.808. The average Bonchev–Trinajstić information content (AvgIpc) is 2.45. The van der Waals surface area contributed by atoms with E-state index >= 15 is 0 Å². The van der Waals surface area contributed by atoms with Crippen LogP contribution in [0.4, 0.5) is 5.82 Å². The lowest BCUT2D eigenvalue weighted by Gasteiger charge is -2.22. The predicted molar refractivity (Wildman–Crippen MR) is 65.4 cm³/mol. The van der Waals surface area contributed by atoms with Crippen LogP contribution in [0.1, 0.15) is 23.3 Å². The highest BCUT2D eigenvalue weighted by Crippen LogP contribution is 2.15. The minimum atomic E-state index is -0.475. The maximum Gasteiger partial charge on any atom is 0.358 e. The maximum absolute atomic E-state index is 11.3. The van der Waals surface area contributed by atoms with Crippen LogP contribution in [-0.4, -0.2) is 42.8 Å². The van der Waals surface area contributed by atoms with E-state index in [0.717, 1.165) is 32.6 Å². The Balaban J connectivity index is 1.90. The molecule has 1 aromatic rings. The van der Waals surface area contributed by atoms with E-state index in [9.17, 15) is 4.79 Å². The van der Waals surface area contributed by atoms with Crippen molar-refractivity contribution in [2.45, 2.75) is 12.8 Å². The van der Waals surface area contributed by atoms with Gasteiger partial charge in [-0.25, -0.2) is 9.78 Å². The Labute approximate surface area is 106 Å².